The fraction of sp³-hybridized carbons (Fsp3) is 0.611. The maximum Gasteiger partial charge on any atom is 0.293 e. The Balaban J connectivity index is 0.00000338. The number of nitrogens with zero attached hydrogens (tertiary/aromatic N) is 2. The molecule has 1 heterocycles. The third-order valence-corrected chi connectivity index (χ3v) is 4.66. The van der Waals surface area contributed by atoms with Gasteiger partial charge < -0.3 is 16.0 Å². The van der Waals surface area contributed by atoms with Gasteiger partial charge in [-0.1, -0.05) is 20.8 Å². The average Bonchev–Trinajstić information content (AvgIpc) is 2.57. The van der Waals surface area contributed by atoms with E-state index in [-0.39, 0.29) is 29.9 Å². The molecule has 1 aromatic carbocycles. The number of amides is 1. The van der Waals surface area contributed by atoms with Gasteiger partial charge in [-0.2, -0.15) is 0 Å². The predicted octanol–water partition coefficient (Wildman–Crippen LogP) is 2.82. The van der Waals surface area contributed by atoms with Crippen molar-refractivity contribution in [1.82, 2.24) is 5.32 Å². The number of carbonyl (C=O) groups is 1. The number of nitrogens with two attached hydrogens (primary N) is 1. The van der Waals surface area contributed by atoms with Gasteiger partial charge in [0, 0.05) is 31.3 Å². The first-order valence-corrected chi connectivity index (χ1v) is 8.83. The first-order valence-electron chi connectivity index (χ1n) is 8.83. The Labute approximate surface area is 160 Å². The minimum absolute atomic E-state index is 0. The average molecular weight is 385 g/mol. The van der Waals surface area contributed by atoms with Crippen LogP contribution in [-0.4, -0.2) is 37.0 Å². The number of rotatable bonds is 6. The molecule has 1 amide bonds. The normalized spacial score (nSPS) is 20.8. The van der Waals surface area contributed by atoms with Crippen LogP contribution in [0.3, 0.4) is 0 Å². The largest absolute Gasteiger partial charge is 0.365 e. The Morgan fingerprint density at radius 2 is 2.00 bits per heavy atom. The highest BCUT2D eigenvalue weighted by Crippen LogP contribution is 2.33. The molecule has 7 nitrogen and oxygen atoms in total. The summed E-state index contributed by atoms with van der Waals surface area (Å²) >= 11 is 0. The summed E-state index contributed by atoms with van der Waals surface area (Å²) in [5, 5.41) is 14.3. The van der Waals surface area contributed by atoms with E-state index in [2.05, 4.69) is 24.1 Å². The molecule has 1 aliphatic rings. The number of carbonyl (C=O) groups excluding carboxylic acids is 1. The highest BCUT2D eigenvalue weighted by Gasteiger charge is 2.27. The number of nitrogens with one attached hydrogen (secondary N) is 1. The molecule has 26 heavy (non-hydrogen) atoms. The Morgan fingerprint density at radius 3 is 2.54 bits per heavy atom. The van der Waals surface area contributed by atoms with Crippen molar-refractivity contribution in [2.45, 2.75) is 27.2 Å². The molecule has 1 fully saturated rings. The molecule has 8 heteroatoms. The lowest BCUT2D eigenvalue weighted by molar-refractivity contribution is -0.384. The van der Waals surface area contributed by atoms with Crippen LogP contribution < -0.4 is 16.0 Å². The van der Waals surface area contributed by atoms with Crippen LogP contribution in [0.25, 0.3) is 0 Å². The topological polar surface area (TPSA) is 102 Å². The molecule has 0 aliphatic carbocycles. The maximum atomic E-state index is 12.2. The number of halogens is 1. The van der Waals surface area contributed by atoms with Crippen LogP contribution in [0.1, 0.15) is 37.6 Å². The van der Waals surface area contributed by atoms with Gasteiger partial charge in [0.15, 0.2) is 0 Å². The van der Waals surface area contributed by atoms with E-state index >= 15 is 0 Å². The van der Waals surface area contributed by atoms with E-state index in [9.17, 15) is 14.9 Å². The molecular formula is C18H29ClN4O3. The lowest BCUT2D eigenvalue weighted by Gasteiger charge is -2.36. The summed E-state index contributed by atoms with van der Waals surface area (Å²) in [6.07, 6.45) is 1.13. The van der Waals surface area contributed by atoms with E-state index in [4.69, 9.17) is 5.73 Å². The van der Waals surface area contributed by atoms with Gasteiger partial charge in [0.1, 0.15) is 5.69 Å². The molecule has 1 aliphatic heterocycles. The second kappa shape index (κ2) is 9.73. The second-order valence-corrected chi connectivity index (χ2v) is 7.36. The van der Waals surface area contributed by atoms with Gasteiger partial charge in [0.25, 0.3) is 11.6 Å². The Morgan fingerprint density at radius 1 is 1.38 bits per heavy atom. The number of nitro groups is 1. The fourth-order valence-corrected chi connectivity index (χ4v) is 3.39. The van der Waals surface area contributed by atoms with Crippen molar-refractivity contribution in [3.63, 3.8) is 0 Å². The van der Waals surface area contributed by atoms with Crippen molar-refractivity contribution in [2.75, 3.05) is 31.1 Å². The zero-order valence-electron chi connectivity index (χ0n) is 15.6. The molecule has 0 aromatic heterocycles. The number of nitro benzene ring substituents is 1. The SMILES string of the molecule is CC(CN)CNC(=O)c1ccc(N2CC(C)CC(C)C2)c([N+](=O)[O-])c1.Cl. The minimum Gasteiger partial charge on any atom is -0.365 e. The summed E-state index contributed by atoms with van der Waals surface area (Å²) in [6, 6.07) is 4.74. The zero-order chi connectivity index (χ0) is 18.6. The quantitative estimate of drug-likeness (QED) is 0.580. The lowest BCUT2D eigenvalue weighted by atomic mass is 9.91. The highest BCUT2D eigenvalue weighted by atomic mass is 35.5. The summed E-state index contributed by atoms with van der Waals surface area (Å²) < 4.78 is 0. The molecular weight excluding hydrogens is 356 g/mol. The van der Waals surface area contributed by atoms with Crippen LogP contribution in [0.5, 0.6) is 0 Å². The molecule has 2 rings (SSSR count). The van der Waals surface area contributed by atoms with Gasteiger partial charge >= 0.3 is 0 Å². The highest BCUT2D eigenvalue weighted by molar-refractivity contribution is 5.95. The molecule has 0 saturated carbocycles. The van der Waals surface area contributed by atoms with Crippen molar-refractivity contribution in [2.24, 2.45) is 23.5 Å². The minimum atomic E-state index is -0.404. The first kappa shape index (κ1) is 22.2. The van der Waals surface area contributed by atoms with Crippen LogP contribution in [-0.2, 0) is 0 Å². The molecule has 3 unspecified atom stereocenters. The van der Waals surface area contributed by atoms with Gasteiger partial charge in [0.05, 0.1) is 4.92 Å². The van der Waals surface area contributed by atoms with E-state index in [0.29, 0.717) is 36.2 Å². The summed E-state index contributed by atoms with van der Waals surface area (Å²) in [7, 11) is 0. The number of anilines is 1. The molecule has 0 radical (unpaired) electrons. The van der Waals surface area contributed by atoms with Crippen molar-refractivity contribution in [1.29, 1.82) is 0 Å². The third kappa shape index (κ3) is 5.57. The van der Waals surface area contributed by atoms with Crippen molar-refractivity contribution < 1.29 is 9.72 Å². The van der Waals surface area contributed by atoms with E-state index in [1.54, 1.807) is 12.1 Å². The van der Waals surface area contributed by atoms with Crippen LogP contribution in [0, 0.1) is 27.9 Å². The number of hydrogen-bond donors (Lipinski definition) is 2. The van der Waals surface area contributed by atoms with E-state index in [1.807, 2.05) is 6.92 Å². The number of hydrogen-bond acceptors (Lipinski definition) is 5. The molecule has 3 atom stereocenters. The summed E-state index contributed by atoms with van der Waals surface area (Å²) in [4.78, 5) is 25.4. The molecule has 1 aromatic rings. The van der Waals surface area contributed by atoms with Gasteiger partial charge in [-0.25, -0.2) is 0 Å². The Bertz CT molecular complexity index is 631. The van der Waals surface area contributed by atoms with E-state index < -0.39 is 4.92 Å². The number of piperidine rings is 1. The maximum absolute atomic E-state index is 12.2. The predicted molar refractivity (Wildman–Crippen MR) is 106 cm³/mol. The second-order valence-electron chi connectivity index (χ2n) is 7.36. The van der Waals surface area contributed by atoms with Crippen molar-refractivity contribution in [3.8, 4) is 0 Å². The van der Waals surface area contributed by atoms with Crippen LogP contribution in [0.15, 0.2) is 18.2 Å². The van der Waals surface area contributed by atoms with Gasteiger partial charge in [-0.3, -0.25) is 14.9 Å². The monoisotopic (exact) mass is 384 g/mol. The molecule has 146 valence electrons. The molecule has 1 saturated heterocycles. The Kier molecular flexibility index (Phi) is 8.30. The van der Waals surface area contributed by atoms with E-state index in [1.165, 1.54) is 6.07 Å². The standard InChI is InChI=1S/C18H28N4O3.ClH/c1-12-6-13(2)11-21(10-12)16-5-4-15(7-17(16)22(24)25)18(23)20-9-14(3)8-19;/h4-5,7,12-14H,6,8-11,19H2,1-3H3,(H,20,23);1H. The van der Waals surface area contributed by atoms with Crippen molar-refractivity contribution >= 4 is 29.7 Å². The molecule has 0 bridgehead atoms. The summed E-state index contributed by atoms with van der Waals surface area (Å²) in [5.41, 5.74) is 6.42. The molecule has 0 spiro atoms. The van der Waals surface area contributed by atoms with Gasteiger partial charge in [-0.05, 0) is 42.9 Å². The van der Waals surface area contributed by atoms with E-state index in [0.717, 1.165) is 19.5 Å². The summed E-state index contributed by atoms with van der Waals surface area (Å²) in [6.45, 7) is 8.78. The lowest BCUT2D eigenvalue weighted by Crippen LogP contribution is -2.39. The van der Waals surface area contributed by atoms with Gasteiger partial charge in [-0.15, -0.1) is 12.4 Å². The zero-order valence-corrected chi connectivity index (χ0v) is 16.4. The van der Waals surface area contributed by atoms with Crippen LogP contribution in [0.2, 0.25) is 0 Å². The first-order chi connectivity index (χ1) is 11.8. The third-order valence-electron chi connectivity index (χ3n) is 4.66. The van der Waals surface area contributed by atoms with Crippen LogP contribution in [0.4, 0.5) is 11.4 Å². The molecule has 3 N–H and O–H groups in total. The van der Waals surface area contributed by atoms with Gasteiger partial charge in [0.2, 0.25) is 0 Å². The smallest absolute Gasteiger partial charge is 0.293 e. The van der Waals surface area contributed by atoms with Crippen molar-refractivity contribution in [3.05, 3.63) is 33.9 Å². The summed E-state index contributed by atoms with van der Waals surface area (Å²) in [5.74, 6) is 0.832. The number of benzene rings is 1. The fourth-order valence-electron chi connectivity index (χ4n) is 3.39. The van der Waals surface area contributed by atoms with Crippen LogP contribution >= 0.6 is 12.4 Å². The Hall–Kier alpha value is -1.86.